The third-order valence-electron chi connectivity index (χ3n) is 5.60. The van der Waals surface area contributed by atoms with Gasteiger partial charge in [-0.05, 0) is 69.7 Å². The molecule has 0 unspecified atom stereocenters. The summed E-state index contributed by atoms with van der Waals surface area (Å²) in [5, 5.41) is 11.2. The number of carbonyl (C=O) groups is 2. The zero-order valence-electron chi connectivity index (χ0n) is 21.3. The summed E-state index contributed by atoms with van der Waals surface area (Å²) in [5.74, 6) is -0.974. The quantitative estimate of drug-likeness (QED) is 0.378. The summed E-state index contributed by atoms with van der Waals surface area (Å²) in [6, 6.07) is 18.9. The van der Waals surface area contributed by atoms with Crippen LogP contribution in [0.1, 0.15) is 39.3 Å². The molecule has 1 N–H and O–H groups in total. The molecule has 2 amide bonds. The summed E-state index contributed by atoms with van der Waals surface area (Å²) >= 11 is 0. The van der Waals surface area contributed by atoms with Gasteiger partial charge in [-0.2, -0.15) is 0 Å². The number of aromatic nitrogens is 3. The lowest BCUT2D eigenvalue weighted by Crippen LogP contribution is -2.50. The largest absolute Gasteiger partial charge is 0.494 e. The molecule has 0 saturated carbocycles. The van der Waals surface area contributed by atoms with Crippen LogP contribution >= 0.6 is 0 Å². The predicted molar refractivity (Wildman–Crippen MR) is 140 cm³/mol. The molecule has 0 fully saturated rings. The summed E-state index contributed by atoms with van der Waals surface area (Å²) in [4.78, 5) is 28.8. The van der Waals surface area contributed by atoms with Crippen molar-refractivity contribution in [2.75, 3.05) is 11.5 Å². The minimum absolute atomic E-state index is 0.0140. The Morgan fingerprint density at radius 3 is 2.38 bits per heavy atom. The lowest BCUT2D eigenvalue weighted by atomic mass is 10.0. The van der Waals surface area contributed by atoms with Crippen molar-refractivity contribution >= 4 is 28.5 Å². The zero-order valence-corrected chi connectivity index (χ0v) is 21.3. The summed E-state index contributed by atoms with van der Waals surface area (Å²) < 4.78 is 22.2. The van der Waals surface area contributed by atoms with Crippen LogP contribution in [-0.4, -0.2) is 39.0 Å². The number of benzene rings is 3. The van der Waals surface area contributed by atoms with Gasteiger partial charge in [0.25, 0.3) is 0 Å². The number of hydrogen-bond acceptors (Lipinski definition) is 5. The number of nitrogens with one attached hydrogen (secondary N) is 1. The van der Waals surface area contributed by atoms with E-state index in [1.807, 2.05) is 39.8 Å². The average Bonchev–Trinajstić information content (AvgIpc) is 3.25. The molecule has 0 spiro atoms. The van der Waals surface area contributed by atoms with Gasteiger partial charge in [-0.25, -0.2) is 9.07 Å². The second kappa shape index (κ2) is 10.8. The van der Waals surface area contributed by atoms with Gasteiger partial charge in [0.2, 0.25) is 11.8 Å². The Balaban J connectivity index is 1.82. The second-order valence-corrected chi connectivity index (χ2v) is 9.59. The van der Waals surface area contributed by atoms with Crippen LogP contribution in [0, 0.1) is 5.82 Å². The molecule has 4 aromatic rings. The Kier molecular flexibility index (Phi) is 7.52. The van der Waals surface area contributed by atoms with Crippen LogP contribution in [-0.2, 0) is 16.1 Å². The number of amides is 2. The first-order valence-electron chi connectivity index (χ1n) is 12.1. The van der Waals surface area contributed by atoms with Gasteiger partial charge in [0.15, 0.2) is 0 Å². The molecule has 8 nitrogen and oxygen atoms in total. The minimum atomic E-state index is -1.16. The monoisotopic (exact) mass is 503 g/mol. The summed E-state index contributed by atoms with van der Waals surface area (Å²) in [7, 11) is 0. The van der Waals surface area contributed by atoms with Crippen molar-refractivity contribution in [1.82, 2.24) is 20.3 Å². The van der Waals surface area contributed by atoms with Gasteiger partial charge in [-0.15, -0.1) is 5.10 Å². The van der Waals surface area contributed by atoms with Crippen molar-refractivity contribution in [3.8, 4) is 5.75 Å². The smallest absolute Gasteiger partial charge is 0.249 e. The number of ether oxygens (including phenoxy) is 1. The fraction of sp³-hybridized carbons (Fsp3) is 0.286. The number of nitrogens with zero attached hydrogens (tertiary/aromatic N) is 4. The molecule has 37 heavy (non-hydrogen) atoms. The molecular formula is C28H30FN5O3. The molecule has 192 valence electrons. The summed E-state index contributed by atoms with van der Waals surface area (Å²) in [6.45, 7) is 7.65. The van der Waals surface area contributed by atoms with Gasteiger partial charge in [-0.1, -0.05) is 41.6 Å². The first kappa shape index (κ1) is 25.8. The van der Waals surface area contributed by atoms with Crippen molar-refractivity contribution < 1.29 is 18.7 Å². The van der Waals surface area contributed by atoms with Gasteiger partial charge in [0.05, 0.1) is 17.8 Å². The van der Waals surface area contributed by atoms with E-state index < -0.39 is 29.2 Å². The highest BCUT2D eigenvalue weighted by atomic mass is 19.1. The van der Waals surface area contributed by atoms with Crippen LogP contribution in [0.5, 0.6) is 5.75 Å². The number of para-hydroxylation sites is 2. The Labute approximate surface area is 215 Å². The third-order valence-corrected chi connectivity index (χ3v) is 5.60. The maximum atomic E-state index is 15.2. The SMILES string of the molecule is CCOc1ccc([C@@H](C(=O)NC(C)(C)C)N(C(=O)Cn2nnc3ccccc32)c2ccccc2F)cc1. The van der Waals surface area contributed by atoms with Gasteiger partial charge in [-0.3, -0.25) is 14.5 Å². The molecule has 1 atom stereocenters. The molecule has 0 aliphatic carbocycles. The number of anilines is 1. The van der Waals surface area contributed by atoms with E-state index in [0.29, 0.717) is 29.0 Å². The van der Waals surface area contributed by atoms with Gasteiger partial charge < -0.3 is 10.1 Å². The Hall–Kier alpha value is -4.27. The number of fused-ring (bicyclic) bond motifs is 1. The van der Waals surface area contributed by atoms with E-state index in [1.165, 1.54) is 27.8 Å². The molecule has 1 heterocycles. The first-order valence-corrected chi connectivity index (χ1v) is 12.1. The molecule has 0 aliphatic heterocycles. The standard InChI is InChI=1S/C28H30FN5O3/c1-5-37-20-16-14-19(15-17-20)26(27(36)30-28(2,3)4)34(23-12-8-6-10-21(23)29)25(35)18-33-24-13-9-7-11-22(24)31-32-33/h6-17,26H,5,18H2,1-4H3,(H,30,36)/t26-/m0/s1. The van der Waals surface area contributed by atoms with Crippen molar-refractivity contribution in [2.45, 2.75) is 45.8 Å². The van der Waals surface area contributed by atoms with Crippen LogP contribution in [0.3, 0.4) is 0 Å². The summed E-state index contributed by atoms with van der Waals surface area (Å²) in [5.41, 5.74) is 1.18. The highest BCUT2D eigenvalue weighted by Crippen LogP contribution is 2.32. The zero-order chi connectivity index (χ0) is 26.6. The number of hydrogen-bond donors (Lipinski definition) is 1. The van der Waals surface area contributed by atoms with E-state index in [4.69, 9.17) is 4.74 Å². The average molecular weight is 504 g/mol. The molecule has 0 radical (unpaired) electrons. The van der Waals surface area contributed by atoms with Crippen LogP contribution in [0.15, 0.2) is 72.8 Å². The maximum absolute atomic E-state index is 15.2. The van der Waals surface area contributed by atoms with E-state index >= 15 is 4.39 Å². The van der Waals surface area contributed by atoms with E-state index in [-0.39, 0.29) is 12.2 Å². The normalized spacial score (nSPS) is 12.2. The molecule has 0 saturated heterocycles. The van der Waals surface area contributed by atoms with Crippen molar-refractivity contribution in [1.29, 1.82) is 0 Å². The van der Waals surface area contributed by atoms with Crippen LogP contribution in [0.2, 0.25) is 0 Å². The molecular weight excluding hydrogens is 473 g/mol. The fourth-order valence-corrected chi connectivity index (χ4v) is 4.07. The number of halogens is 1. The van der Waals surface area contributed by atoms with Crippen LogP contribution in [0.25, 0.3) is 11.0 Å². The summed E-state index contributed by atoms with van der Waals surface area (Å²) in [6.07, 6.45) is 0. The van der Waals surface area contributed by atoms with Crippen molar-refractivity contribution in [2.24, 2.45) is 0 Å². The first-order chi connectivity index (χ1) is 17.7. The van der Waals surface area contributed by atoms with E-state index in [0.717, 1.165) is 0 Å². The van der Waals surface area contributed by atoms with E-state index in [2.05, 4.69) is 15.6 Å². The molecule has 1 aromatic heterocycles. The third kappa shape index (κ3) is 5.94. The number of rotatable bonds is 8. The highest BCUT2D eigenvalue weighted by molar-refractivity contribution is 6.01. The number of carbonyl (C=O) groups excluding carboxylic acids is 2. The van der Waals surface area contributed by atoms with Gasteiger partial charge >= 0.3 is 0 Å². The van der Waals surface area contributed by atoms with Crippen LogP contribution < -0.4 is 15.0 Å². The Bertz CT molecular complexity index is 1390. The van der Waals surface area contributed by atoms with Crippen molar-refractivity contribution in [3.05, 3.63) is 84.2 Å². The predicted octanol–water partition coefficient (Wildman–Crippen LogP) is 4.66. The Morgan fingerprint density at radius 1 is 1.03 bits per heavy atom. The van der Waals surface area contributed by atoms with Gasteiger partial charge in [0, 0.05) is 5.54 Å². The van der Waals surface area contributed by atoms with Crippen LogP contribution in [0.4, 0.5) is 10.1 Å². The molecule has 9 heteroatoms. The second-order valence-electron chi connectivity index (χ2n) is 9.59. The fourth-order valence-electron chi connectivity index (χ4n) is 4.07. The molecule has 4 rings (SSSR count). The Morgan fingerprint density at radius 2 is 1.70 bits per heavy atom. The van der Waals surface area contributed by atoms with E-state index in [1.54, 1.807) is 42.5 Å². The minimum Gasteiger partial charge on any atom is -0.494 e. The van der Waals surface area contributed by atoms with E-state index in [9.17, 15) is 9.59 Å². The van der Waals surface area contributed by atoms with Crippen molar-refractivity contribution in [3.63, 3.8) is 0 Å². The molecule has 0 bridgehead atoms. The highest BCUT2D eigenvalue weighted by Gasteiger charge is 2.36. The van der Waals surface area contributed by atoms with Gasteiger partial charge in [0.1, 0.15) is 29.7 Å². The lowest BCUT2D eigenvalue weighted by molar-refractivity contribution is -0.128. The maximum Gasteiger partial charge on any atom is 0.249 e. The molecule has 0 aliphatic rings. The topological polar surface area (TPSA) is 89.4 Å². The lowest BCUT2D eigenvalue weighted by Gasteiger charge is -2.34. The molecule has 3 aromatic carbocycles.